The molecule has 1 heterocycles. The van der Waals surface area contributed by atoms with Crippen molar-refractivity contribution < 1.29 is 9.53 Å². The second-order valence-electron chi connectivity index (χ2n) is 4.72. The summed E-state index contributed by atoms with van der Waals surface area (Å²) in [5.74, 6) is 0.718. The summed E-state index contributed by atoms with van der Waals surface area (Å²) in [5, 5.41) is 1.11. The molecule has 0 atom stereocenters. The molecule has 104 valence electrons. The van der Waals surface area contributed by atoms with E-state index in [9.17, 15) is 4.79 Å². The lowest BCUT2D eigenvalue weighted by atomic mass is 10.1. The number of aromatic amines is 1. The van der Waals surface area contributed by atoms with Crippen LogP contribution in [-0.2, 0) is 0 Å². The van der Waals surface area contributed by atoms with Crippen molar-refractivity contribution in [2.24, 2.45) is 0 Å². The second kappa shape index (κ2) is 5.67. The van der Waals surface area contributed by atoms with Crippen molar-refractivity contribution in [3.63, 3.8) is 0 Å². The van der Waals surface area contributed by atoms with Gasteiger partial charge in [0.05, 0.1) is 7.11 Å². The fourth-order valence-electron chi connectivity index (χ4n) is 2.25. The van der Waals surface area contributed by atoms with Crippen molar-refractivity contribution in [2.75, 3.05) is 7.11 Å². The maximum Gasteiger partial charge on any atom is 0.185 e. The van der Waals surface area contributed by atoms with E-state index in [0.717, 1.165) is 22.2 Å². The minimum atomic E-state index is -0.0251. The Hall–Kier alpha value is -2.81. The van der Waals surface area contributed by atoms with E-state index < -0.39 is 0 Å². The molecule has 3 nitrogen and oxygen atoms in total. The fraction of sp³-hybridized carbons (Fsp3) is 0.0556. The molecule has 0 radical (unpaired) electrons. The molecule has 3 aromatic rings. The van der Waals surface area contributed by atoms with Crippen LogP contribution in [0.3, 0.4) is 0 Å². The smallest absolute Gasteiger partial charge is 0.185 e. The molecule has 3 heteroatoms. The summed E-state index contributed by atoms with van der Waals surface area (Å²) in [6.07, 6.45) is 5.34. The molecular formula is C18H15NO2. The Labute approximate surface area is 122 Å². The molecule has 21 heavy (non-hydrogen) atoms. The van der Waals surface area contributed by atoms with Gasteiger partial charge in [0, 0.05) is 22.7 Å². The number of carbonyl (C=O) groups is 1. The lowest BCUT2D eigenvalue weighted by molar-refractivity contribution is 0.104. The Kier molecular flexibility index (Phi) is 3.56. The number of fused-ring (bicyclic) bond motifs is 1. The van der Waals surface area contributed by atoms with Crippen LogP contribution in [0.5, 0.6) is 5.75 Å². The lowest BCUT2D eigenvalue weighted by Crippen LogP contribution is -1.93. The number of allylic oxidation sites excluding steroid dienone is 1. The predicted molar refractivity (Wildman–Crippen MR) is 84.7 cm³/mol. The van der Waals surface area contributed by atoms with E-state index in [4.69, 9.17) is 4.74 Å². The van der Waals surface area contributed by atoms with Crippen LogP contribution in [0.25, 0.3) is 17.0 Å². The Morgan fingerprint density at radius 1 is 1.10 bits per heavy atom. The lowest BCUT2D eigenvalue weighted by Gasteiger charge is -2.00. The third kappa shape index (κ3) is 2.72. The highest BCUT2D eigenvalue weighted by molar-refractivity contribution is 6.07. The van der Waals surface area contributed by atoms with E-state index in [2.05, 4.69) is 4.98 Å². The minimum absolute atomic E-state index is 0.0251. The number of H-pyrrole nitrogens is 1. The molecule has 0 spiro atoms. The van der Waals surface area contributed by atoms with E-state index in [1.807, 2.05) is 36.5 Å². The Morgan fingerprint density at radius 2 is 1.86 bits per heavy atom. The van der Waals surface area contributed by atoms with Gasteiger partial charge in [-0.15, -0.1) is 0 Å². The van der Waals surface area contributed by atoms with Gasteiger partial charge < -0.3 is 9.72 Å². The highest BCUT2D eigenvalue weighted by atomic mass is 16.5. The number of nitrogens with one attached hydrogen (secondary N) is 1. The molecule has 0 amide bonds. The van der Waals surface area contributed by atoms with Crippen molar-refractivity contribution in [3.8, 4) is 5.75 Å². The number of rotatable bonds is 4. The first-order valence-corrected chi connectivity index (χ1v) is 6.70. The predicted octanol–water partition coefficient (Wildman–Crippen LogP) is 4.07. The molecule has 3 rings (SSSR count). The van der Waals surface area contributed by atoms with Gasteiger partial charge in [0.25, 0.3) is 0 Å². The summed E-state index contributed by atoms with van der Waals surface area (Å²) in [7, 11) is 1.60. The summed E-state index contributed by atoms with van der Waals surface area (Å²) in [6, 6.07) is 15.1. The minimum Gasteiger partial charge on any atom is -0.497 e. The fourth-order valence-corrected chi connectivity index (χ4v) is 2.25. The molecule has 0 aliphatic heterocycles. The Balaban J connectivity index is 1.83. The van der Waals surface area contributed by atoms with Crippen LogP contribution < -0.4 is 4.74 Å². The first-order valence-electron chi connectivity index (χ1n) is 6.70. The van der Waals surface area contributed by atoms with Crippen molar-refractivity contribution in [2.45, 2.75) is 0 Å². The number of hydrogen-bond acceptors (Lipinski definition) is 2. The van der Waals surface area contributed by atoms with Gasteiger partial charge in [0.15, 0.2) is 5.78 Å². The SMILES string of the molecule is COc1ccc(C(=O)/C=C\c2c[nH]c3ccccc23)cc1. The zero-order valence-corrected chi connectivity index (χ0v) is 11.7. The normalized spacial score (nSPS) is 11.1. The van der Waals surface area contributed by atoms with Crippen molar-refractivity contribution in [1.29, 1.82) is 0 Å². The van der Waals surface area contributed by atoms with Gasteiger partial charge in [0.2, 0.25) is 0 Å². The van der Waals surface area contributed by atoms with Gasteiger partial charge in [-0.2, -0.15) is 0 Å². The Bertz CT molecular complexity index is 797. The molecule has 1 N–H and O–H groups in total. The van der Waals surface area contributed by atoms with Crippen LogP contribution in [-0.4, -0.2) is 17.9 Å². The highest BCUT2D eigenvalue weighted by Gasteiger charge is 2.03. The molecule has 0 saturated carbocycles. The van der Waals surface area contributed by atoms with Gasteiger partial charge in [0.1, 0.15) is 5.75 Å². The van der Waals surface area contributed by atoms with E-state index >= 15 is 0 Å². The quantitative estimate of drug-likeness (QED) is 0.577. The van der Waals surface area contributed by atoms with Crippen LogP contribution >= 0.6 is 0 Å². The first kappa shape index (κ1) is 13.2. The molecule has 0 saturated heterocycles. The number of hydrogen-bond donors (Lipinski definition) is 1. The molecule has 0 aliphatic carbocycles. The second-order valence-corrected chi connectivity index (χ2v) is 4.72. The highest BCUT2D eigenvalue weighted by Crippen LogP contribution is 2.19. The zero-order chi connectivity index (χ0) is 14.7. The standard InChI is InChI=1S/C18H15NO2/c1-21-15-9-6-13(7-10-15)18(20)11-8-14-12-19-17-5-3-2-4-16(14)17/h2-12,19H,1H3/b11-8-. The van der Waals surface area contributed by atoms with Crippen LogP contribution in [0.4, 0.5) is 0 Å². The number of ether oxygens (including phenoxy) is 1. The van der Waals surface area contributed by atoms with Crippen molar-refractivity contribution in [3.05, 3.63) is 71.9 Å². The summed E-state index contributed by atoms with van der Waals surface area (Å²) in [5.41, 5.74) is 2.72. The third-order valence-corrected chi connectivity index (χ3v) is 3.41. The van der Waals surface area contributed by atoms with Crippen LogP contribution in [0.15, 0.2) is 60.8 Å². The average Bonchev–Trinajstić information content (AvgIpc) is 2.96. The van der Waals surface area contributed by atoms with Crippen molar-refractivity contribution >= 4 is 22.8 Å². The molecule has 1 aromatic heterocycles. The molecule has 2 aromatic carbocycles. The van der Waals surface area contributed by atoms with E-state index in [1.165, 1.54) is 0 Å². The van der Waals surface area contributed by atoms with E-state index in [-0.39, 0.29) is 5.78 Å². The summed E-state index contributed by atoms with van der Waals surface area (Å²) < 4.78 is 5.08. The third-order valence-electron chi connectivity index (χ3n) is 3.41. The average molecular weight is 277 g/mol. The first-order chi connectivity index (χ1) is 10.3. The largest absolute Gasteiger partial charge is 0.497 e. The molecule has 0 fully saturated rings. The summed E-state index contributed by atoms with van der Waals surface area (Å²) in [6.45, 7) is 0. The van der Waals surface area contributed by atoms with Crippen LogP contribution in [0, 0.1) is 0 Å². The molecule has 0 aliphatic rings. The number of ketones is 1. The van der Waals surface area contributed by atoms with E-state index in [1.54, 1.807) is 37.5 Å². The number of benzene rings is 2. The van der Waals surface area contributed by atoms with E-state index in [0.29, 0.717) is 5.56 Å². The number of methoxy groups -OCH3 is 1. The molecule has 0 bridgehead atoms. The van der Waals surface area contributed by atoms with Crippen LogP contribution in [0.2, 0.25) is 0 Å². The topological polar surface area (TPSA) is 42.1 Å². The van der Waals surface area contributed by atoms with Crippen LogP contribution in [0.1, 0.15) is 15.9 Å². The van der Waals surface area contributed by atoms with Gasteiger partial charge in [-0.25, -0.2) is 0 Å². The van der Waals surface area contributed by atoms with Gasteiger partial charge in [-0.3, -0.25) is 4.79 Å². The maximum absolute atomic E-state index is 12.1. The van der Waals surface area contributed by atoms with Crippen molar-refractivity contribution in [1.82, 2.24) is 4.98 Å². The molecular weight excluding hydrogens is 262 g/mol. The number of carbonyl (C=O) groups excluding carboxylic acids is 1. The van der Waals surface area contributed by atoms with Gasteiger partial charge >= 0.3 is 0 Å². The monoisotopic (exact) mass is 277 g/mol. The molecule has 0 unspecified atom stereocenters. The zero-order valence-electron chi connectivity index (χ0n) is 11.7. The van der Waals surface area contributed by atoms with Gasteiger partial charge in [-0.05, 0) is 48.0 Å². The summed E-state index contributed by atoms with van der Waals surface area (Å²) >= 11 is 0. The van der Waals surface area contributed by atoms with Gasteiger partial charge in [-0.1, -0.05) is 18.2 Å². The Morgan fingerprint density at radius 3 is 2.62 bits per heavy atom. The summed E-state index contributed by atoms with van der Waals surface area (Å²) in [4.78, 5) is 15.3. The number of para-hydroxylation sites is 1. The maximum atomic E-state index is 12.1. The number of aromatic nitrogens is 1.